The first-order valence-electron chi connectivity index (χ1n) is 7.94. The van der Waals surface area contributed by atoms with Gasteiger partial charge in [-0.2, -0.15) is 0 Å². The van der Waals surface area contributed by atoms with Crippen LogP contribution >= 0.6 is 21.6 Å². The normalized spacial score (nSPS) is 13.5. The highest BCUT2D eigenvalue weighted by Crippen LogP contribution is 2.40. The molecule has 1 N–H and O–H groups in total. The SMILES string of the molecule is O=C(O)Oc1ccc([N+](=O)[O-])cc1.c1ccc(SSC2CCCC2)nc1. The molecule has 1 fully saturated rings. The summed E-state index contributed by atoms with van der Waals surface area (Å²) < 4.78 is 4.24. The zero-order valence-corrected chi connectivity index (χ0v) is 15.4. The van der Waals surface area contributed by atoms with E-state index in [1.54, 1.807) is 0 Å². The third kappa shape index (κ3) is 7.32. The van der Waals surface area contributed by atoms with Gasteiger partial charge in [-0.05, 0) is 47.9 Å². The monoisotopic (exact) mass is 394 g/mol. The highest BCUT2D eigenvalue weighted by atomic mass is 33.1. The van der Waals surface area contributed by atoms with E-state index >= 15 is 0 Å². The molecule has 1 saturated carbocycles. The van der Waals surface area contributed by atoms with Gasteiger partial charge < -0.3 is 9.84 Å². The molecule has 1 aliphatic rings. The number of rotatable bonds is 5. The largest absolute Gasteiger partial charge is 0.511 e. The van der Waals surface area contributed by atoms with Crippen molar-refractivity contribution < 1.29 is 19.6 Å². The topological polar surface area (TPSA) is 103 Å². The number of carboxylic acid groups (broad SMARTS) is 1. The summed E-state index contributed by atoms with van der Waals surface area (Å²) in [5.41, 5.74) is -0.113. The van der Waals surface area contributed by atoms with Gasteiger partial charge in [-0.15, -0.1) is 0 Å². The van der Waals surface area contributed by atoms with Crippen LogP contribution in [0.5, 0.6) is 5.75 Å². The standard InChI is InChI=1S/C10H13NS2.C7H5NO5/c1-2-6-9(5-1)12-13-10-7-3-4-8-11-10;9-7(10)13-6-3-1-5(2-4-6)8(11)12/h3-4,7-9H,1-2,5-6H2;1-4H,(H,9,10). The number of non-ortho nitro benzene ring substituents is 1. The summed E-state index contributed by atoms with van der Waals surface area (Å²) in [5, 5.41) is 20.4. The highest BCUT2D eigenvalue weighted by Gasteiger charge is 2.15. The zero-order valence-electron chi connectivity index (χ0n) is 13.8. The van der Waals surface area contributed by atoms with E-state index in [0.717, 1.165) is 22.4 Å². The van der Waals surface area contributed by atoms with Crippen LogP contribution in [0.1, 0.15) is 25.7 Å². The summed E-state index contributed by atoms with van der Waals surface area (Å²) in [6.07, 6.45) is 6.03. The van der Waals surface area contributed by atoms with Crippen LogP contribution in [-0.2, 0) is 0 Å². The van der Waals surface area contributed by atoms with Gasteiger partial charge >= 0.3 is 6.16 Å². The van der Waals surface area contributed by atoms with Crippen LogP contribution in [0.3, 0.4) is 0 Å². The minimum Gasteiger partial charge on any atom is -0.449 e. The number of benzene rings is 1. The van der Waals surface area contributed by atoms with Gasteiger partial charge in [-0.3, -0.25) is 10.1 Å². The van der Waals surface area contributed by atoms with E-state index in [-0.39, 0.29) is 11.4 Å². The fraction of sp³-hybridized carbons (Fsp3) is 0.294. The van der Waals surface area contributed by atoms with Gasteiger partial charge in [0.1, 0.15) is 10.8 Å². The number of pyridine rings is 1. The van der Waals surface area contributed by atoms with Crippen LogP contribution in [0.25, 0.3) is 0 Å². The Bertz CT molecular complexity index is 707. The average molecular weight is 394 g/mol. The molecule has 0 aliphatic heterocycles. The second-order valence-electron chi connectivity index (χ2n) is 5.37. The van der Waals surface area contributed by atoms with E-state index < -0.39 is 11.1 Å². The minimum atomic E-state index is -1.45. The molecule has 7 nitrogen and oxygen atoms in total. The van der Waals surface area contributed by atoms with Crippen LogP contribution in [0, 0.1) is 10.1 Å². The van der Waals surface area contributed by atoms with Crippen LogP contribution < -0.4 is 4.74 Å². The maximum atomic E-state index is 10.2. The van der Waals surface area contributed by atoms with Gasteiger partial charge in [0, 0.05) is 23.6 Å². The van der Waals surface area contributed by atoms with Crippen molar-refractivity contribution >= 4 is 33.4 Å². The Hall–Kier alpha value is -2.26. The first-order chi connectivity index (χ1) is 12.5. The Morgan fingerprint density at radius 1 is 1.19 bits per heavy atom. The molecule has 3 rings (SSSR count). The van der Waals surface area contributed by atoms with Crippen molar-refractivity contribution in [2.45, 2.75) is 36.0 Å². The van der Waals surface area contributed by atoms with E-state index in [2.05, 4.69) is 15.8 Å². The van der Waals surface area contributed by atoms with Crippen molar-refractivity contribution in [3.05, 3.63) is 58.8 Å². The van der Waals surface area contributed by atoms with Gasteiger partial charge in [0.25, 0.3) is 5.69 Å². The minimum absolute atomic E-state index is 0.0538. The number of nitro benzene ring substituents is 1. The summed E-state index contributed by atoms with van der Waals surface area (Å²) >= 11 is 0. The predicted molar refractivity (Wildman–Crippen MR) is 102 cm³/mol. The van der Waals surface area contributed by atoms with Crippen molar-refractivity contribution in [1.82, 2.24) is 4.98 Å². The van der Waals surface area contributed by atoms with Crippen molar-refractivity contribution in [3.63, 3.8) is 0 Å². The van der Waals surface area contributed by atoms with Crippen LogP contribution in [0.2, 0.25) is 0 Å². The van der Waals surface area contributed by atoms with Crippen molar-refractivity contribution in [2.24, 2.45) is 0 Å². The number of carbonyl (C=O) groups is 1. The van der Waals surface area contributed by atoms with E-state index in [9.17, 15) is 14.9 Å². The fourth-order valence-electron chi connectivity index (χ4n) is 2.24. The molecule has 0 amide bonds. The van der Waals surface area contributed by atoms with Crippen molar-refractivity contribution in [3.8, 4) is 5.75 Å². The molecule has 1 aromatic heterocycles. The lowest BCUT2D eigenvalue weighted by Gasteiger charge is -2.05. The van der Waals surface area contributed by atoms with Crippen LogP contribution in [0.4, 0.5) is 10.5 Å². The molecule has 0 atom stereocenters. The third-order valence-corrected chi connectivity index (χ3v) is 6.33. The summed E-state index contributed by atoms with van der Waals surface area (Å²) in [6.45, 7) is 0. The van der Waals surface area contributed by atoms with Gasteiger partial charge in [0.2, 0.25) is 0 Å². The quantitative estimate of drug-likeness (QED) is 0.236. The summed E-state index contributed by atoms with van der Waals surface area (Å²) in [7, 11) is 3.81. The molecule has 0 saturated heterocycles. The average Bonchev–Trinajstić information content (AvgIpc) is 3.15. The first-order valence-corrected chi connectivity index (χ1v) is 10.2. The number of nitro groups is 1. The molecule has 26 heavy (non-hydrogen) atoms. The van der Waals surface area contributed by atoms with E-state index in [1.807, 2.05) is 39.9 Å². The third-order valence-electron chi connectivity index (χ3n) is 3.46. The second-order valence-corrected chi connectivity index (χ2v) is 7.89. The lowest BCUT2D eigenvalue weighted by atomic mass is 10.3. The van der Waals surface area contributed by atoms with Gasteiger partial charge in [0.05, 0.1) is 4.92 Å². The van der Waals surface area contributed by atoms with Crippen LogP contribution in [0.15, 0.2) is 53.7 Å². The van der Waals surface area contributed by atoms with Gasteiger partial charge in [-0.1, -0.05) is 29.7 Å². The Morgan fingerprint density at radius 2 is 1.88 bits per heavy atom. The molecule has 0 spiro atoms. The smallest absolute Gasteiger partial charge is 0.449 e. The van der Waals surface area contributed by atoms with Gasteiger partial charge in [-0.25, -0.2) is 9.78 Å². The van der Waals surface area contributed by atoms with E-state index in [4.69, 9.17) is 5.11 Å². The van der Waals surface area contributed by atoms with Crippen molar-refractivity contribution in [1.29, 1.82) is 0 Å². The van der Waals surface area contributed by atoms with Gasteiger partial charge in [0.15, 0.2) is 0 Å². The Balaban J connectivity index is 0.000000187. The summed E-state index contributed by atoms with van der Waals surface area (Å²) in [4.78, 5) is 23.9. The zero-order chi connectivity index (χ0) is 18.8. The molecule has 1 heterocycles. The van der Waals surface area contributed by atoms with E-state index in [1.165, 1.54) is 37.8 Å². The molecular weight excluding hydrogens is 376 g/mol. The lowest BCUT2D eigenvalue weighted by molar-refractivity contribution is -0.384. The number of hydrogen-bond acceptors (Lipinski definition) is 7. The first kappa shape index (κ1) is 20.1. The van der Waals surface area contributed by atoms with Crippen molar-refractivity contribution in [2.75, 3.05) is 0 Å². The molecule has 1 aliphatic carbocycles. The predicted octanol–water partition coefficient (Wildman–Crippen LogP) is 5.42. The molecule has 0 unspecified atom stereocenters. The fourth-order valence-corrected chi connectivity index (χ4v) is 4.81. The summed E-state index contributed by atoms with van der Waals surface area (Å²) in [5.74, 6) is 0.0538. The Morgan fingerprint density at radius 3 is 2.42 bits per heavy atom. The molecule has 138 valence electrons. The molecule has 0 radical (unpaired) electrons. The molecule has 1 aromatic carbocycles. The second kappa shape index (κ2) is 10.7. The Labute approximate surface area is 158 Å². The number of nitrogens with zero attached hydrogens (tertiary/aromatic N) is 2. The molecular formula is C17H18N2O5S2. The molecule has 2 aromatic rings. The molecule has 0 bridgehead atoms. The maximum absolute atomic E-state index is 10.2. The Kier molecular flexibility index (Phi) is 8.23. The van der Waals surface area contributed by atoms with E-state index in [0.29, 0.717) is 0 Å². The summed E-state index contributed by atoms with van der Waals surface area (Å²) in [6, 6.07) is 10.8. The number of hydrogen-bond donors (Lipinski definition) is 1. The number of aromatic nitrogens is 1. The number of ether oxygens (including phenoxy) is 1. The molecule has 9 heteroatoms. The lowest BCUT2D eigenvalue weighted by Crippen LogP contribution is -2.02. The highest BCUT2D eigenvalue weighted by molar-refractivity contribution is 8.76. The maximum Gasteiger partial charge on any atom is 0.511 e. The van der Waals surface area contributed by atoms with Crippen LogP contribution in [-0.4, -0.2) is 26.4 Å².